The zero-order chi connectivity index (χ0) is 23.8. The maximum absolute atomic E-state index is 14.4. The topological polar surface area (TPSA) is 89.1 Å². The van der Waals surface area contributed by atoms with E-state index < -0.39 is 5.82 Å². The van der Waals surface area contributed by atoms with Crippen molar-refractivity contribution in [2.45, 2.75) is 13.3 Å². The van der Waals surface area contributed by atoms with Crippen LogP contribution in [0.5, 0.6) is 0 Å². The number of hydrogen-bond acceptors (Lipinski definition) is 6. The zero-order valence-electron chi connectivity index (χ0n) is 18.0. The van der Waals surface area contributed by atoms with Gasteiger partial charge in [0, 0.05) is 4.47 Å². The van der Waals surface area contributed by atoms with Crippen molar-refractivity contribution < 1.29 is 8.78 Å². The fourth-order valence-corrected chi connectivity index (χ4v) is 5.23. The van der Waals surface area contributed by atoms with E-state index in [1.807, 2.05) is 19.1 Å². The molecule has 6 nitrogen and oxygen atoms in total. The van der Waals surface area contributed by atoms with Crippen LogP contribution in [0, 0.1) is 11.7 Å². The van der Waals surface area contributed by atoms with Crippen molar-refractivity contribution in [3.05, 3.63) is 75.5 Å². The van der Waals surface area contributed by atoms with Crippen molar-refractivity contribution in [3.8, 4) is 0 Å². The standard InChI is InChI=1S/C24H19BrF2N6S/c1-12-6-13(8-15(26)7-12)10-29-22(28)24-33-19-5-4-18-20(21(19)34-24)23(31-11-30-18)32-17-3-2-14(25)9-16(17)27/h2-5,7-9,11-12H,6,10H2,1H3,(H2,28,29)(H,30,31,32). The Kier molecular flexibility index (Phi) is 6.09. The SMILES string of the molecule is CC1C=C(F)C=C(CN=C(N)c2nc3ccc4ncnc(Nc5ccc(Br)cc5F)c4c3s2)C1. The van der Waals surface area contributed by atoms with Gasteiger partial charge in [-0.15, -0.1) is 11.3 Å². The largest absolute Gasteiger partial charge is 0.381 e. The molecule has 0 saturated heterocycles. The fourth-order valence-electron chi connectivity index (χ4n) is 3.86. The minimum absolute atomic E-state index is 0.131. The first-order chi connectivity index (χ1) is 16.4. The van der Waals surface area contributed by atoms with E-state index in [1.165, 1.54) is 29.8 Å². The summed E-state index contributed by atoms with van der Waals surface area (Å²) in [5, 5.41) is 4.34. The van der Waals surface area contributed by atoms with Crippen molar-refractivity contribution in [3.63, 3.8) is 0 Å². The first kappa shape index (κ1) is 22.5. The smallest absolute Gasteiger partial charge is 0.159 e. The highest BCUT2D eigenvalue weighted by Gasteiger charge is 2.16. The Morgan fingerprint density at radius 1 is 1.24 bits per heavy atom. The number of fused-ring (bicyclic) bond motifs is 3. The van der Waals surface area contributed by atoms with Crippen LogP contribution in [0.15, 0.2) is 69.7 Å². The number of benzene rings is 2. The lowest BCUT2D eigenvalue weighted by Gasteiger charge is -2.13. The van der Waals surface area contributed by atoms with Crippen molar-refractivity contribution in [1.29, 1.82) is 0 Å². The monoisotopic (exact) mass is 540 g/mol. The third kappa shape index (κ3) is 4.55. The Hall–Kier alpha value is -3.24. The Morgan fingerprint density at radius 2 is 2.06 bits per heavy atom. The van der Waals surface area contributed by atoms with Crippen LogP contribution in [-0.2, 0) is 0 Å². The summed E-state index contributed by atoms with van der Waals surface area (Å²) in [7, 11) is 0. The van der Waals surface area contributed by atoms with Crippen LogP contribution in [0.4, 0.5) is 20.3 Å². The predicted molar refractivity (Wildman–Crippen MR) is 137 cm³/mol. The molecule has 2 aromatic heterocycles. The zero-order valence-corrected chi connectivity index (χ0v) is 20.4. The van der Waals surface area contributed by atoms with Gasteiger partial charge in [-0.05, 0) is 60.4 Å². The van der Waals surface area contributed by atoms with E-state index in [0.717, 1.165) is 22.1 Å². The van der Waals surface area contributed by atoms with Gasteiger partial charge in [0.1, 0.15) is 23.8 Å². The summed E-state index contributed by atoms with van der Waals surface area (Å²) in [5.41, 5.74) is 8.83. The molecule has 0 fully saturated rings. The number of halogens is 3. The average Bonchev–Trinajstić information content (AvgIpc) is 3.23. The van der Waals surface area contributed by atoms with Gasteiger partial charge in [0.25, 0.3) is 0 Å². The Balaban J connectivity index is 1.51. The molecule has 0 spiro atoms. The van der Waals surface area contributed by atoms with Gasteiger partial charge < -0.3 is 11.1 Å². The summed E-state index contributed by atoms with van der Waals surface area (Å²) in [6, 6.07) is 8.45. The average molecular weight is 541 g/mol. The normalized spacial score (nSPS) is 16.6. The summed E-state index contributed by atoms with van der Waals surface area (Å²) < 4.78 is 29.6. The minimum Gasteiger partial charge on any atom is -0.381 e. The Bertz CT molecular complexity index is 1510. The summed E-state index contributed by atoms with van der Waals surface area (Å²) in [5.74, 6) is 0.226. The summed E-state index contributed by atoms with van der Waals surface area (Å²) in [4.78, 5) is 17.8. The van der Waals surface area contributed by atoms with E-state index >= 15 is 0 Å². The van der Waals surface area contributed by atoms with Crippen LogP contribution >= 0.6 is 27.3 Å². The van der Waals surface area contributed by atoms with Gasteiger partial charge in [0.2, 0.25) is 0 Å². The maximum Gasteiger partial charge on any atom is 0.159 e. The molecule has 3 N–H and O–H groups in total. The number of nitrogens with two attached hydrogens (primary N) is 1. The highest BCUT2D eigenvalue weighted by atomic mass is 79.9. The lowest BCUT2D eigenvalue weighted by Crippen LogP contribution is -2.14. The second-order valence-corrected chi connectivity index (χ2v) is 9.95. The number of allylic oxidation sites excluding steroid dienone is 3. The molecule has 1 aliphatic rings. The van der Waals surface area contributed by atoms with Crippen molar-refractivity contribution in [2.24, 2.45) is 16.6 Å². The lowest BCUT2D eigenvalue weighted by molar-refractivity contribution is 0.600. The van der Waals surface area contributed by atoms with Gasteiger partial charge >= 0.3 is 0 Å². The molecule has 2 aromatic carbocycles. The van der Waals surface area contributed by atoms with Gasteiger partial charge in [-0.2, -0.15) is 0 Å². The number of amidine groups is 1. The van der Waals surface area contributed by atoms with Gasteiger partial charge in [-0.1, -0.05) is 22.9 Å². The van der Waals surface area contributed by atoms with Gasteiger partial charge in [0.05, 0.1) is 33.4 Å². The van der Waals surface area contributed by atoms with Gasteiger partial charge in [0.15, 0.2) is 10.8 Å². The van der Waals surface area contributed by atoms with Crippen molar-refractivity contribution in [2.75, 3.05) is 11.9 Å². The summed E-state index contributed by atoms with van der Waals surface area (Å²) >= 11 is 4.63. The molecule has 10 heteroatoms. The molecule has 5 rings (SSSR count). The number of nitrogens with zero attached hydrogens (tertiary/aromatic N) is 4. The van der Waals surface area contributed by atoms with E-state index in [4.69, 9.17) is 5.73 Å². The number of thiazole rings is 1. The quantitative estimate of drug-likeness (QED) is 0.225. The third-order valence-electron chi connectivity index (χ3n) is 5.38. The molecule has 1 atom stereocenters. The molecule has 0 radical (unpaired) electrons. The number of aromatic nitrogens is 3. The first-order valence-electron chi connectivity index (χ1n) is 10.5. The van der Waals surface area contributed by atoms with Crippen LogP contribution in [-0.4, -0.2) is 27.3 Å². The van der Waals surface area contributed by atoms with E-state index in [1.54, 1.807) is 18.2 Å². The molecule has 172 valence electrons. The number of aliphatic imine (C=N–C) groups is 1. The number of nitrogens with one attached hydrogen (secondary N) is 1. The van der Waals surface area contributed by atoms with E-state index in [9.17, 15) is 8.78 Å². The third-order valence-corrected chi connectivity index (χ3v) is 6.99. The molecular weight excluding hydrogens is 522 g/mol. The van der Waals surface area contributed by atoms with Gasteiger partial charge in [-0.3, -0.25) is 4.99 Å². The summed E-state index contributed by atoms with van der Waals surface area (Å²) in [6.45, 7) is 2.28. The van der Waals surface area contributed by atoms with Crippen molar-refractivity contribution >= 4 is 65.7 Å². The second-order valence-electron chi connectivity index (χ2n) is 8.04. The molecule has 34 heavy (non-hydrogen) atoms. The molecule has 0 aliphatic heterocycles. The van der Waals surface area contributed by atoms with Crippen LogP contribution in [0.2, 0.25) is 0 Å². The highest BCUT2D eigenvalue weighted by molar-refractivity contribution is 9.10. The van der Waals surface area contributed by atoms with E-state index in [-0.39, 0.29) is 17.6 Å². The lowest BCUT2D eigenvalue weighted by atomic mass is 9.95. The van der Waals surface area contributed by atoms with Crippen LogP contribution in [0.25, 0.3) is 21.1 Å². The van der Waals surface area contributed by atoms with E-state index in [2.05, 4.69) is 41.2 Å². The maximum atomic E-state index is 14.4. The summed E-state index contributed by atoms with van der Waals surface area (Å²) in [6.07, 6.45) is 5.29. The molecular formula is C24H19BrF2N6S. The molecule has 4 aromatic rings. The molecule has 1 aliphatic carbocycles. The first-order valence-corrected chi connectivity index (χ1v) is 12.1. The van der Waals surface area contributed by atoms with E-state index in [0.29, 0.717) is 38.6 Å². The minimum atomic E-state index is -0.410. The fraction of sp³-hybridized carbons (Fsp3) is 0.167. The number of anilines is 2. The van der Waals surface area contributed by atoms with Crippen molar-refractivity contribution in [1.82, 2.24) is 15.0 Å². The molecule has 2 heterocycles. The van der Waals surface area contributed by atoms with Crippen LogP contribution in [0.3, 0.4) is 0 Å². The molecule has 0 saturated carbocycles. The molecule has 0 bridgehead atoms. The predicted octanol–water partition coefficient (Wildman–Crippen LogP) is 6.41. The Morgan fingerprint density at radius 3 is 2.85 bits per heavy atom. The van der Waals surface area contributed by atoms with Crippen LogP contribution in [0.1, 0.15) is 18.4 Å². The van der Waals surface area contributed by atoms with Gasteiger partial charge in [-0.25, -0.2) is 23.7 Å². The molecule has 1 unspecified atom stereocenters. The number of rotatable bonds is 5. The van der Waals surface area contributed by atoms with Crippen LogP contribution < -0.4 is 11.1 Å². The number of hydrogen-bond donors (Lipinski definition) is 2. The molecule has 0 amide bonds. The highest BCUT2D eigenvalue weighted by Crippen LogP contribution is 2.35. The Labute approximate surface area is 206 Å². The second kappa shape index (κ2) is 9.19.